The molecule has 1 fully saturated rings. The highest BCUT2D eigenvalue weighted by atomic mass is 32.1. The first-order valence-corrected chi connectivity index (χ1v) is 7.63. The van der Waals surface area contributed by atoms with Gasteiger partial charge in [-0.2, -0.15) is 0 Å². The lowest BCUT2D eigenvalue weighted by Crippen LogP contribution is -2.44. The van der Waals surface area contributed by atoms with Crippen molar-refractivity contribution < 1.29 is 5.11 Å². The number of nitrogens with zero attached hydrogens (tertiary/aromatic N) is 1. The Morgan fingerprint density at radius 2 is 2.11 bits per heavy atom. The van der Waals surface area contributed by atoms with E-state index in [2.05, 4.69) is 10.3 Å². The number of nitrogens with two attached hydrogens (primary N) is 1. The van der Waals surface area contributed by atoms with Gasteiger partial charge in [0.1, 0.15) is 5.52 Å². The van der Waals surface area contributed by atoms with Gasteiger partial charge in [0.2, 0.25) is 0 Å². The summed E-state index contributed by atoms with van der Waals surface area (Å²) >= 11 is 1.59. The Labute approximate surface area is 116 Å². The van der Waals surface area contributed by atoms with Crippen LogP contribution in [0.4, 0.5) is 11.4 Å². The molecule has 4 N–H and O–H groups in total. The van der Waals surface area contributed by atoms with E-state index in [1.165, 1.54) is 6.42 Å². The van der Waals surface area contributed by atoms with E-state index in [0.717, 1.165) is 41.6 Å². The quantitative estimate of drug-likeness (QED) is 0.754. The molecule has 4 nitrogen and oxygen atoms in total. The number of benzene rings is 1. The summed E-state index contributed by atoms with van der Waals surface area (Å²) in [5, 5.41) is 13.2. The highest BCUT2D eigenvalue weighted by molar-refractivity contribution is 7.16. The summed E-state index contributed by atoms with van der Waals surface area (Å²) in [4.78, 5) is 4.31. The predicted molar refractivity (Wildman–Crippen MR) is 80.6 cm³/mol. The Kier molecular flexibility index (Phi) is 3.33. The molecule has 19 heavy (non-hydrogen) atoms. The number of nitrogens with one attached hydrogen (secondary N) is 1. The smallest absolute Gasteiger partial charge is 0.106 e. The molecule has 1 aliphatic rings. The van der Waals surface area contributed by atoms with Gasteiger partial charge in [0.25, 0.3) is 0 Å². The van der Waals surface area contributed by atoms with E-state index >= 15 is 0 Å². The Bertz CT molecular complexity index is 575. The zero-order valence-electron chi connectivity index (χ0n) is 10.9. The molecule has 2 aromatic rings. The maximum atomic E-state index is 9.75. The number of aromatic nitrogens is 1. The van der Waals surface area contributed by atoms with Crippen LogP contribution in [-0.4, -0.2) is 22.2 Å². The summed E-state index contributed by atoms with van der Waals surface area (Å²) < 4.78 is 1.10. The molecule has 0 bridgehead atoms. The van der Waals surface area contributed by atoms with Gasteiger partial charge in [0.05, 0.1) is 33.7 Å². The number of hydrogen-bond acceptors (Lipinski definition) is 5. The van der Waals surface area contributed by atoms with Crippen molar-refractivity contribution in [3.05, 3.63) is 17.6 Å². The van der Waals surface area contributed by atoms with Crippen LogP contribution in [0.2, 0.25) is 0 Å². The number of fused-ring (bicyclic) bond motifs is 1. The van der Waals surface area contributed by atoms with Crippen molar-refractivity contribution in [2.24, 2.45) is 0 Å². The number of anilines is 2. The summed E-state index contributed by atoms with van der Waals surface area (Å²) in [6.45, 7) is 0.154. The molecule has 1 aromatic carbocycles. The SMILES string of the molecule is Nc1c(NC2(CO)CCCCC2)ccc2scnc12. The van der Waals surface area contributed by atoms with Gasteiger partial charge >= 0.3 is 0 Å². The molecule has 0 saturated heterocycles. The molecule has 0 radical (unpaired) electrons. The second-order valence-corrected chi connectivity index (χ2v) is 6.24. The lowest BCUT2D eigenvalue weighted by atomic mass is 9.82. The first kappa shape index (κ1) is 12.7. The maximum absolute atomic E-state index is 9.75. The number of thiazole rings is 1. The minimum absolute atomic E-state index is 0.154. The van der Waals surface area contributed by atoms with Crippen LogP contribution in [-0.2, 0) is 0 Å². The number of hydrogen-bond donors (Lipinski definition) is 3. The summed E-state index contributed by atoms with van der Waals surface area (Å²) in [7, 11) is 0. The molecule has 1 heterocycles. The van der Waals surface area contributed by atoms with Crippen LogP contribution in [0.25, 0.3) is 10.2 Å². The minimum atomic E-state index is -0.212. The Balaban J connectivity index is 1.93. The monoisotopic (exact) mass is 277 g/mol. The predicted octanol–water partition coefficient (Wildman–Crippen LogP) is 2.99. The summed E-state index contributed by atoms with van der Waals surface area (Å²) in [5.74, 6) is 0. The zero-order valence-corrected chi connectivity index (χ0v) is 11.7. The van der Waals surface area contributed by atoms with Crippen LogP contribution in [0.1, 0.15) is 32.1 Å². The van der Waals surface area contributed by atoms with Crippen LogP contribution in [0, 0.1) is 0 Å². The van der Waals surface area contributed by atoms with E-state index in [-0.39, 0.29) is 12.1 Å². The van der Waals surface area contributed by atoms with Crippen LogP contribution in [0.15, 0.2) is 17.6 Å². The van der Waals surface area contributed by atoms with Crippen LogP contribution in [0.3, 0.4) is 0 Å². The molecule has 1 aliphatic carbocycles. The number of aliphatic hydroxyl groups excluding tert-OH is 1. The maximum Gasteiger partial charge on any atom is 0.106 e. The van der Waals surface area contributed by atoms with Crippen LogP contribution >= 0.6 is 11.3 Å². The van der Waals surface area contributed by atoms with Crippen molar-refractivity contribution in [3.63, 3.8) is 0 Å². The Morgan fingerprint density at radius 3 is 2.84 bits per heavy atom. The van der Waals surface area contributed by atoms with Crippen molar-refractivity contribution >= 4 is 32.9 Å². The highest BCUT2D eigenvalue weighted by Crippen LogP contribution is 2.36. The lowest BCUT2D eigenvalue weighted by Gasteiger charge is -2.37. The molecule has 0 amide bonds. The largest absolute Gasteiger partial charge is 0.395 e. The van der Waals surface area contributed by atoms with Gasteiger partial charge in [-0.15, -0.1) is 11.3 Å². The van der Waals surface area contributed by atoms with Gasteiger partial charge in [0, 0.05) is 0 Å². The number of rotatable bonds is 3. The molecule has 0 unspecified atom stereocenters. The van der Waals surface area contributed by atoms with Gasteiger partial charge in [0.15, 0.2) is 0 Å². The zero-order chi connectivity index (χ0) is 13.3. The average Bonchev–Trinajstić information content (AvgIpc) is 2.92. The number of nitrogen functional groups attached to an aromatic ring is 1. The molecular formula is C14H19N3OS. The van der Waals surface area contributed by atoms with Gasteiger partial charge in [-0.3, -0.25) is 0 Å². The minimum Gasteiger partial charge on any atom is -0.395 e. The first-order chi connectivity index (χ1) is 9.24. The van der Waals surface area contributed by atoms with Crippen molar-refractivity contribution in [1.29, 1.82) is 0 Å². The van der Waals surface area contributed by atoms with Gasteiger partial charge in [-0.25, -0.2) is 4.98 Å². The van der Waals surface area contributed by atoms with E-state index in [0.29, 0.717) is 5.69 Å². The number of aliphatic hydroxyl groups is 1. The molecule has 0 aliphatic heterocycles. The normalized spacial score (nSPS) is 18.6. The third kappa shape index (κ3) is 2.28. The molecule has 102 valence electrons. The second kappa shape index (κ2) is 4.98. The standard InChI is InChI=1S/C14H19N3OS/c15-12-10(4-5-11-13(12)16-9-19-11)17-14(8-18)6-2-1-3-7-14/h4-5,9,17-18H,1-3,6-8,15H2. The molecule has 5 heteroatoms. The van der Waals surface area contributed by atoms with E-state index in [9.17, 15) is 5.11 Å². The Hall–Kier alpha value is -1.33. The summed E-state index contributed by atoms with van der Waals surface area (Å²) in [6.07, 6.45) is 5.57. The Morgan fingerprint density at radius 1 is 1.32 bits per heavy atom. The third-order valence-corrected chi connectivity index (χ3v) is 4.85. The van der Waals surface area contributed by atoms with Crippen molar-refractivity contribution in [2.45, 2.75) is 37.6 Å². The van der Waals surface area contributed by atoms with E-state index in [1.807, 2.05) is 17.6 Å². The average molecular weight is 277 g/mol. The van der Waals surface area contributed by atoms with Gasteiger partial charge < -0.3 is 16.2 Å². The van der Waals surface area contributed by atoms with Crippen molar-refractivity contribution in [3.8, 4) is 0 Å². The van der Waals surface area contributed by atoms with Gasteiger partial charge in [-0.1, -0.05) is 19.3 Å². The van der Waals surface area contributed by atoms with E-state index in [4.69, 9.17) is 5.73 Å². The fourth-order valence-corrected chi connectivity index (χ4v) is 3.59. The lowest BCUT2D eigenvalue weighted by molar-refractivity contribution is 0.173. The molecular weight excluding hydrogens is 258 g/mol. The van der Waals surface area contributed by atoms with Gasteiger partial charge in [-0.05, 0) is 25.0 Å². The molecule has 1 aromatic heterocycles. The van der Waals surface area contributed by atoms with Crippen molar-refractivity contribution in [2.75, 3.05) is 17.7 Å². The fraction of sp³-hybridized carbons (Fsp3) is 0.500. The summed E-state index contributed by atoms with van der Waals surface area (Å²) in [5.41, 5.74) is 10.2. The molecule has 0 atom stereocenters. The molecule has 1 saturated carbocycles. The summed E-state index contributed by atoms with van der Waals surface area (Å²) in [6, 6.07) is 4.04. The van der Waals surface area contributed by atoms with Crippen LogP contribution < -0.4 is 11.1 Å². The second-order valence-electron chi connectivity index (χ2n) is 5.35. The topological polar surface area (TPSA) is 71.2 Å². The van der Waals surface area contributed by atoms with E-state index < -0.39 is 0 Å². The first-order valence-electron chi connectivity index (χ1n) is 6.75. The molecule has 0 spiro atoms. The fourth-order valence-electron chi connectivity index (χ4n) is 2.90. The van der Waals surface area contributed by atoms with Crippen molar-refractivity contribution in [1.82, 2.24) is 4.98 Å². The van der Waals surface area contributed by atoms with Crippen LogP contribution in [0.5, 0.6) is 0 Å². The third-order valence-electron chi connectivity index (χ3n) is 4.05. The highest BCUT2D eigenvalue weighted by Gasteiger charge is 2.31. The molecule has 3 rings (SSSR count). The van der Waals surface area contributed by atoms with E-state index in [1.54, 1.807) is 11.3 Å².